The number of halogens is 2. The van der Waals surface area contributed by atoms with E-state index in [1.807, 2.05) is 6.07 Å². The van der Waals surface area contributed by atoms with Crippen molar-refractivity contribution in [3.8, 4) is 0 Å². The fourth-order valence-corrected chi connectivity index (χ4v) is 2.06. The Bertz CT molecular complexity index is 355. The van der Waals surface area contributed by atoms with Crippen molar-refractivity contribution >= 4 is 40.9 Å². The zero-order valence-electron chi connectivity index (χ0n) is 8.13. The monoisotopic (exact) mass is 264 g/mol. The Morgan fingerprint density at radius 1 is 1.40 bits per heavy atom. The van der Waals surface area contributed by atoms with Gasteiger partial charge in [-0.25, -0.2) is 0 Å². The topological polar surface area (TPSA) is 26.3 Å². The van der Waals surface area contributed by atoms with Gasteiger partial charge in [-0.1, -0.05) is 29.3 Å². The van der Waals surface area contributed by atoms with Gasteiger partial charge in [0.1, 0.15) is 0 Å². The quantitative estimate of drug-likeness (QED) is 0.780. The third-order valence-electron chi connectivity index (χ3n) is 1.70. The van der Waals surface area contributed by atoms with E-state index in [0.29, 0.717) is 21.6 Å². The molecule has 1 aromatic rings. The van der Waals surface area contributed by atoms with Crippen LogP contribution in [0.25, 0.3) is 0 Å². The van der Waals surface area contributed by atoms with Crippen LogP contribution in [0.2, 0.25) is 10.0 Å². The Balaban J connectivity index is 2.44. The van der Waals surface area contributed by atoms with E-state index >= 15 is 0 Å². The van der Waals surface area contributed by atoms with Crippen LogP contribution in [0, 0.1) is 0 Å². The number of hydrogen-bond acceptors (Lipinski definition) is 3. The van der Waals surface area contributed by atoms with Crippen LogP contribution < -0.4 is 0 Å². The number of ether oxygens (including phenoxy) is 1. The molecule has 15 heavy (non-hydrogen) atoms. The zero-order valence-corrected chi connectivity index (χ0v) is 10.5. The van der Waals surface area contributed by atoms with Gasteiger partial charge < -0.3 is 4.74 Å². The van der Waals surface area contributed by atoms with Gasteiger partial charge in [0.25, 0.3) is 0 Å². The summed E-state index contributed by atoms with van der Waals surface area (Å²) in [5.41, 5.74) is 1.04. The van der Waals surface area contributed by atoms with Gasteiger partial charge in [0.15, 0.2) is 0 Å². The minimum absolute atomic E-state index is 0.222. The first-order chi connectivity index (χ1) is 7.13. The first kappa shape index (κ1) is 12.7. The summed E-state index contributed by atoms with van der Waals surface area (Å²) in [7, 11) is 1.38. The molecule has 0 heterocycles. The molecule has 0 amide bonds. The maximum Gasteiger partial charge on any atom is 0.315 e. The summed E-state index contributed by atoms with van der Waals surface area (Å²) in [6.07, 6.45) is 0. The second kappa shape index (κ2) is 6.26. The lowest BCUT2D eigenvalue weighted by molar-refractivity contribution is -0.137. The molecule has 0 spiro atoms. The molecule has 1 aromatic carbocycles. The molecule has 5 heteroatoms. The van der Waals surface area contributed by atoms with Gasteiger partial charge in [0.2, 0.25) is 0 Å². The highest BCUT2D eigenvalue weighted by Gasteiger charge is 2.02. The molecule has 0 radical (unpaired) electrons. The summed E-state index contributed by atoms with van der Waals surface area (Å²) < 4.78 is 4.52. The number of benzene rings is 1. The van der Waals surface area contributed by atoms with E-state index in [1.165, 1.54) is 18.9 Å². The Kier molecular flexibility index (Phi) is 5.29. The van der Waals surface area contributed by atoms with Gasteiger partial charge in [-0.3, -0.25) is 4.79 Å². The summed E-state index contributed by atoms with van der Waals surface area (Å²) in [6.45, 7) is 0. The molecule has 0 N–H and O–H groups in total. The average Bonchev–Trinajstić information content (AvgIpc) is 2.23. The summed E-state index contributed by atoms with van der Waals surface area (Å²) in [5, 5.41) is 1.08. The lowest BCUT2D eigenvalue weighted by Crippen LogP contribution is -2.03. The van der Waals surface area contributed by atoms with E-state index in [4.69, 9.17) is 23.2 Å². The Morgan fingerprint density at radius 3 is 2.73 bits per heavy atom. The largest absolute Gasteiger partial charge is 0.468 e. The second-order valence-electron chi connectivity index (χ2n) is 2.82. The fourth-order valence-electron chi connectivity index (χ4n) is 0.941. The summed E-state index contributed by atoms with van der Waals surface area (Å²) in [6, 6.07) is 5.44. The van der Waals surface area contributed by atoms with E-state index in [2.05, 4.69) is 4.74 Å². The first-order valence-corrected chi connectivity index (χ1v) is 6.13. The molecule has 1 rings (SSSR count). The van der Waals surface area contributed by atoms with Crippen LogP contribution in [0.3, 0.4) is 0 Å². The average molecular weight is 265 g/mol. The first-order valence-electron chi connectivity index (χ1n) is 4.22. The van der Waals surface area contributed by atoms with Crippen molar-refractivity contribution in [3.63, 3.8) is 0 Å². The number of methoxy groups -OCH3 is 1. The minimum atomic E-state index is -0.222. The van der Waals surface area contributed by atoms with Crippen LogP contribution in [0.5, 0.6) is 0 Å². The van der Waals surface area contributed by atoms with Crippen molar-refractivity contribution < 1.29 is 9.53 Å². The van der Waals surface area contributed by atoms with Crippen LogP contribution in [0.15, 0.2) is 18.2 Å². The molecule has 0 aliphatic carbocycles. The van der Waals surface area contributed by atoms with Crippen molar-refractivity contribution in [2.75, 3.05) is 12.9 Å². The lowest BCUT2D eigenvalue weighted by atomic mass is 10.2. The Labute approximate surface area is 103 Å². The van der Waals surface area contributed by atoms with E-state index < -0.39 is 0 Å². The Morgan fingerprint density at radius 2 is 2.13 bits per heavy atom. The molecule has 0 fully saturated rings. The number of carbonyl (C=O) groups is 1. The van der Waals surface area contributed by atoms with E-state index in [0.717, 1.165) is 5.56 Å². The highest BCUT2D eigenvalue weighted by Crippen LogP contribution is 2.24. The molecule has 0 aliphatic rings. The number of thioether (sulfide) groups is 1. The third-order valence-corrected chi connectivity index (χ3v) is 3.42. The molecule has 0 aromatic heterocycles. The highest BCUT2D eigenvalue weighted by atomic mass is 35.5. The predicted molar refractivity (Wildman–Crippen MR) is 64.6 cm³/mol. The van der Waals surface area contributed by atoms with Gasteiger partial charge in [0.05, 0.1) is 22.9 Å². The van der Waals surface area contributed by atoms with E-state index in [1.54, 1.807) is 12.1 Å². The van der Waals surface area contributed by atoms with Gasteiger partial charge >= 0.3 is 5.97 Å². The molecule has 0 unspecified atom stereocenters. The van der Waals surface area contributed by atoms with Crippen LogP contribution in [-0.4, -0.2) is 18.8 Å². The lowest BCUT2D eigenvalue weighted by Gasteiger charge is -2.02. The maximum atomic E-state index is 10.8. The maximum absolute atomic E-state index is 10.8. The van der Waals surface area contributed by atoms with Crippen LogP contribution in [-0.2, 0) is 15.3 Å². The normalized spacial score (nSPS) is 10.1. The SMILES string of the molecule is COC(=O)CSCc1ccc(Cl)c(Cl)c1. The van der Waals surface area contributed by atoms with Gasteiger partial charge in [-0.15, -0.1) is 11.8 Å². The number of rotatable bonds is 4. The van der Waals surface area contributed by atoms with E-state index in [-0.39, 0.29) is 5.97 Å². The number of esters is 1. The van der Waals surface area contributed by atoms with Crippen LogP contribution in [0.1, 0.15) is 5.56 Å². The smallest absolute Gasteiger partial charge is 0.315 e. The fraction of sp³-hybridized carbons (Fsp3) is 0.300. The van der Waals surface area contributed by atoms with Crippen molar-refractivity contribution in [1.82, 2.24) is 0 Å². The van der Waals surface area contributed by atoms with Crippen LogP contribution >= 0.6 is 35.0 Å². The molecule has 0 aliphatic heterocycles. The van der Waals surface area contributed by atoms with Gasteiger partial charge in [0, 0.05) is 5.75 Å². The van der Waals surface area contributed by atoms with Crippen molar-refractivity contribution in [3.05, 3.63) is 33.8 Å². The van der Waals surface area contributed by atoms with Crippen molar-refractivity contribution in [2.45, 2.75) is 5.75 Å². The standard InChI is InChI=1S/C10H10Cl2O2S/c1-14-10(13)6-15-5-7-2-3-8(11)9(12)4-7/h2-4H,5-6H2,1H3. The molecular weight excluding hydrogens is 255 g/mol. The highest BCUT2D eigenvalue weighted by molar-refractivity contribution is 7.99. The number of hydrogen-bond donors (Lipinski definition) is 0. The third kappa shape index (κ3) is 4.33. The van der Waals surface area contributed by atoms with Crippen molar-refractivity contribution in [1.29, 1.82) is 0 Å². The molecule has 82 valence electrons. The van der Waals surface area contributed by atoms with Gasteiger partial charge in [-0.05, 0) is 17.7 Å². The van der Waals surface area contributed by atoms with E-state index in [9.17, 15) is 4.79 Å². The molecule has 0 saturated heterocycles. The van der Waals surface area contributed by atoms with Crippen LogP contribution in [0.4, 0.5) is 0 Å². The summed E-state index contributed by atoms with van der Waals surface area (Å²) >= 11 is 13.1. The molecule has 0 atom stereocenters. The van der Waals surface area contributed by atoms with Crippen molar-refractivity contribution in [2.24, 2.45) is 0 Å². The molecule has 0 saturated carbocycles. The summed E-state index contributed by atoms with van der Waals surface area (Å²) in [4.78, 5) is 10.8. The van der Waals surface area contributed by atoms with Gasteiger partial charge in [-0.2, -0.15) is 0 Å². The molecule has 2 nitrogen and oxygen atoms in total. The number of carbonyl (C=O) groups excluding carboxylic acids is 1. The summed E-state index contributed by atoms with van der Waals surface area (Å²) in [5.74, 6) is 0.836. The zero-order chi connectivity index (χ0) is 11.3. The minimum Gasteiger partial charge on any atom is -0.468 e. The second-order valence-corrected chi connectivity index (χ2v) is 4.62. The predicted octanol–water partition coefficient (Wildman–Crippen LogP) is 3.40. The Hall–Kier alpha value is -0.380. The molecular formula is C10H10Cl2O2S. The molecule has 0 bridgehead atoms.